The topological polar surface area (TPSA) is 62.7 Å². The molecule has 5 nitrogen and oxygen atoms in total. The van der Waals surface area contributed by atoms with Crippen molar-refractivity contribution in [1.82, 2.24) is 20.1 Å². The van der Waals surface area contributed by atoms with Gasteiger partial charge in [0.15, 0.2) is 4.77 Å². The third-order valence-electron chi connectivity index (χ3n) is 3.77. The largest absolute Gasteiger partial charge is 0.356 e. The van der Waals surface area contributed by atoms with E-state index < -0.39 is 0 Å². The molecule has 0 bridgehead atoms. The van der Waals surface area contributed by atoms with Crippen LogP contribution in [0.2, 0.25) is 0 Å². The van der Waals surface area contributed by atoms with Crippen LogP contribution in [0.25, 0.3) is 0 Å². The minimum absolute atomic E-state index is 0.170. The molecule has 6 heteroatoms. The molecule has 19 heavy (non-hydrogen) atoms. The Hall–Kier alpha value is -1.17. The van der Waals surface area contributed by atoms with E-state index in [0.717, 1.165) is 18.8 Å². The molecule has 0 atom stereocenters. The molecule has 1 aliphatic rings. The van der Waals surface area contributed by atoms with Crippen molar-refractivity contribution in [2.75, 3.05) is 6.54 Å². The molecule has 1 fully saturated rings. The van der Waals surface area contributed by atoms with Gasteiger partial charge in [-0.15, -0.1) is 0 Å². The van der Waals surface area contributed by atoms with Gasteiger partial charge in [0.25, 0.3) is 0 Å². The SMILES string of the molecule is CCn1c(CCNC(=O)CC2CCCC2)n[nH]c1=S. The van der Waals surface area contributed by atoms with E-state index in [1.807, 2.05) is 11.5 Å². The monoisotopic (exact) mass is 282 g/mol. The van der Waals surface area contributed by atoms with Gasteiger partial charge in [0, 0.05) is 25.9 Å². The first-order chi connectivity index (χ1) is 9.20. The summed E-state index contributed by atoms with van der Waals surface area (Å²) >= 11 is 5.13. The molecular formula is C13H22N4OS. The van der Waals surface area contributed by atoms with Gasteiger partial charge < -0.3 is 9.88 Å². The zero-order chi connectivity index (χ0) is 13.7. The lowest BCUT2D eigenvalue weighted by atomic mass is 10.0. The van der Waals surface area contributed by atoms with Crippen LogP contribution in [0.4, 0.5) is 0 Å². The zero-order valence-electron chi connectivity index (χ0n) is 11.4. The Kier molecular flexibility index (Phi) is 5.13. The lowest BCUT2D eigenvalue weighted by Gasteiger charge is -2.09. The molecule has 106 valence electrons. The molecule has 0 aliphatic heterocycles. The van der Waals surface area contributed by atoms with Gasteiger partial charge in [0.05, 0.1) is 0 Å². The zero-order valence-corrected chi connectivity index (χ0v) is 12.3. The van der Waals surface area contributed by atoms with Gasteiger partial charge in [-0.05, 0) is 37.9 Å². The third kappa shape index (κ3) is 3.89. The fraction of sp³-hybridized carbons (Fsp3) is 0.769. The quantitative estimate of drug-likeness (QED) is 0.786. The normalized spacial score (nSPS) is 15.8. The summed E-state index contributed by atoms with van der Waals surface area (Å²) in [5.74, 6) is 1.68. The van der Waals surface area contributed by atoms with Gasteiger partial charge in [-0.1, -0.05) is 12.8 Å². The van der Waals surface area contributed by atoms with Crippen LogP contribution >= 0.6 is 12.2 Å². The summed E-state index contributed by atoms with van der Waals surface area (Å²) in [6.07, 6.45) is 6.38. The number of carbonyl (C=O) groups excluding carboxylic acids is 1. The highest BCUT2D eigenvalue weighted by molar-refractivity contribution is 7.71. The van der Waals surface area contributed by atoms with Gasteiger partial charge in [-0.25, -0.2) is 0 Å². The molecule has 1 amide bonds. The Morgan fingerprint density at radius 1 is 1.53 bits per heavy atom. The van der Waals surface area contributed by atoms with Gasteiger partial charge in [0.2, 0.25) is 5.91 Å². The van der Waals surface area contributed by atoms with E-state index in [-0.39, 0.29) is 5.91 Å². The number of aromatic amines is 1. The number of carbonyl (C=O) groups is 1. The molecule has 1 aromatic heterocycles. The molecule has 1 aliphatic carbocycles. The number of nitrogens with one attached hydrogen (secondary N) is 2. The van der Waals surface area contributed by atoms with Crippen molar-refractivity contribution in [2.24, 2.45) is 5.92 Å². The second-order valence-corrected chi connectivity index (χ2v) is 5.53. The van der Waals surface area contributed by atoms with Crippen molar-refractivity contribution in [3.05, 3.63) is 10.6 Å². The molecule has 0 radical (unpaired) electrons. The van der Waals surface area contributed by atoms with Crippen LogP contribution in [0.15, 0.2) is 0 Å². The second-order valence-electron chi connectivity index (χ2n) is 5.14. The predicted octanol–water partition coefficient (Wildman–Crippen LogP) is 2.20. The maximum Gasteiger partial charge on any atom is 0.220 e. The summed E-state index contributed by atoms with van der Waals surface area (Å²) in [6, 6.07) is 0. The lowest BCUT2D eigenvalue weighted by Crippen LogP contribution is -2.27. The highest BCUT2D eigenvalue weighted by Gasteiger charge is 2.18. The smallest absolute Gasteiger partial charge is 0.220 e. The molecule has 1 saturated carbocycles. The molecule has 0 aromatic carbocycles. The molecule has 0 saturated heterocycles. The van der Waals surface area contributed by atoms with Crippen LogP contribution < -0.4 is 5.32 Å². The van der Waals surface area contributed by atoms with Crippen LogP contribution in [-0.2, 0) is 17.8 Å². The molecule has 1 heterocycles. The summed E-state index contributed by atoms with van der Waals surface area (Å²) in [5.41, 5.74) is 0. The fourth-order valence-electron chi connectivity index (χ4n) is 2.73. The number of hydrogen-bond donors (Lipinski definition) is 2. The number of aromatic nitrogens is 3. The lowest BCUT2D eigenvalue weighted by molar-refractivity contribution is -0.121. The first-order valence-electron chi connectivity index (χ1n) is 7.11. The van der Waals surface area contributed by atoms with Crippen LogP contribution in [-0.4, -0.2) is 27.2 Å². The predicted molar refractivity (Wildman–Crippen MR) is 76.4 cm³/mol. The molecule has 2 rings (SSSR count). The summed E-state index contributed by atoms with van der Waals surface area (Å²) < 4.78 is 2.60. The van der Waals surface area contributed by atoms with Crippen LogP contribution in [0, 0.1) is 10.7 Å². The van der Waals surface area contributed by atoms with Crippen molar-refractivity contribution in [3.8, 4) is 0 Å². The highest BCUT2D eigenvalue weighted by atomic mass is 32.1. The van der Waals surface area contributed by atoms with E-state index in [0.29, 0.717) is 23.7 Å². The second kappa shape index (κ2) is 6.84. The first-order valence-corrected chi connectivity index (χ1v) is 7.52. The molecular weight excluding hydrogens is 260 g/mol. The van der Waals surface area contributed by atoms with Crippen molar-refractivity contribution in [2.45, 2.75) is 52.0 Å². The van der Waals surface area contributed by atoms with E-state index in [4.69, 9.17) is 12.2 Å². The maximum atomic E-state index is 11.8. The minimum atomic E-state index is 0.170. The van der Waals surface area contributed by atoms with Gasteiger partial charge in [-0.2, -0.15) is 5.10 Å². The van der Waals surface area contributed by atoms with Gasteiger partial charge in [-0.3, -0.25) is 9.89 Å². The number of rotatable bonds is 6. The molecule has 0 unspecified atom stereocenters. The first kappa shape index (κ1) is 14.2. The average Bonchev–Trinajstić information content (AvgIpc) is 2.99. The summed E-state index contributed by atoms with van der Waals surface area (Å²) in [6.45, 7) is 3.47. The van der Waals surface area contributed by atoms with Crippen LogP contribution in [0.1, 0.15) is 44.9 Å². The van der Waals surface area contributed by atoms with Gasteiger partial charge in [0.1, 0.15) is 5.82 Å². The van der Waals surface area contributed by atoms with Crippen molar-refractivity contribution in [1.29, 1.82) is 0 Å². The van der Waals surface area contributed by atoms with Crippen molar-refractivity contribution < 1.29 is 4.79 Å². The standard InChI is InChI=1S/C13H22N4OS/c1-2-17-11(15-16-13(17)19)7-8-14-12(18)9-10-5-3-4-6-10/h10H,2-9H2,1H3,(H,14,18)(H,16,19). The van der Waals surface area contributed by atoms with Crippen molar-refractivity contribution >= 4 is 18.1 Å². The van der Waals surface area contributed by atoms with E-state index in [1.165, 1.54) is 25.7 Å². The minimum Gasteiger partial charge on any atom is -0.356 e. The van der Waals surface area contributed by atoms with Crippen LogP contribution in [0.5, 0.6) is 0 Å². The summed E-state index contributed by atoms with van der Waals surface area (Å²) in [4.78, 5) is 11.8. The Labute approximate surface area is 118 Å². The Balaban J connectivity index is 1.73. The van der Waals surface area contributed by atoms with E-state index in [9.17, 15) is 4.79 Å². The Bertz CT molecular complexity index is 473. The number of amides is 1. The van der Waals surface area contributed by atoms with Crippen LogP contribution in [0.3, 0.4) is 0 Å². The summed E-state index contributed by atoms with van der Waals surface area (Å²) in [5, 5.41) is 9.95. The third-order valence-corrected chi connectivity index (χ3v) is 4.08. The highest BCUT2D eigenvalue weighted by Crippen LogP contribution is 2.27. The van der Waals surface area contributed by atoms with E-state index >= 15 is 0 Å². The molecule has 0 spiro atoms. The van der Waals surface area contributed by atoms with Gasteiger partial charge >= 0.3 is 0 Å². The molecule has 2 N–H and O–H groups in total. The number of hydrogen-bond acceptors (Lipinski definition) is 3. The van der Waals surface area contributed by atoms with Crippen molar-refractivity contribution in [3.63, 3.8) is 0 Å². The fourth-order valence-corrected chi connectivity index (χ4v) is 3.01. The Morgan fingerprint density at radius 2 is 2.26 bits per heavy atom. The summed E-state index contributed by atoms with van der Waals surface area (Å²) in [7, 11) is 0. The number of H-pyrrole nitrogens is 1. The van der Waals surface area contributed by atoms with E-state index in [1.54, 1.807) is 0 Å². The number of nitrogens with zero attached hydrogens (tertiary/aromatic N) is 2. The van der Waals surface area contributed by atoms with E-state index in [2.05, 4.69) is 15.5 Å². The Morgan fingerprint density at radius 3 is 2.95 bits per heavy atom. The average molecular weight is 282 g/mol. The maximum absolute atomic E-state index is 11.8. The molecule has 1 aromatic rings.